The molecule has 1 heterocycles. The van der Waals surface area contributed by atoms with E-state index >= 15 is 0 Å². The Morgan fingerprint density at radius 2 is 2.45 bits per heavy atom. The highest BCUT2D eigenvalue weighted by Gasteiger charge is 2.13. The molecular weight excluding hydrogens is 186 g/mol. The molecule has 0 radical (unpaired) electrons. The predicted octanol–water partition coefficient (Wildman–Crippen LogP) is 1.37. The van der Waals surface area contributed by atoms with Gasteiger partial charge in [-0.2, -0.15) is 0 Å². The molecule has 5 heteroatoms. The number of aliphatic carboxylic acids is 1. The molecule has 0 amide bonds. The summed E-state index contributed by atoms with van der Waals surface area (Å²) in [4.78, 5) is 14.3. The number of hydrogen-bond acceptors (Lipinski definition) is 3. The minimum absolute atomic E-state index is 0.129. The summed E-state index contributed by atoms with van der Waals surface area (Å²) in [7, 11) is 0. The van der Waals surface area contributed by atoms with Crippen LogP contribution in [0.2, 0.25) is 0 Å². The van der Waals surface area contributed by atoms with E-state index in [4.69, 9.17) is 28.9 Å². The van der Waals surface area contributed by atoms with Crippen LogP contribution in [0.25, 0.3) is 0 Å². The lowest BCUT2D eigenvalue weighted by Crippen LogP contribution is -1.94. The van der Waals surface area contributed by atoms with Crippen LogP contribution < -0.4 is 0 Å². The third-order valence-electron chi connectivity index (χ3n) is 1.08. The average Bonchev–Trinajstić information content (AvgIpc) is 2.10. The average molecular weight is 190 g/mol. The third-order valence-corrected chi connectivity index (χ3v) is 1.79. The zero-order chi connectivity index (χ0) is 8.43. The summed E-state index contributed by atoms with van der Waals surface area (Å²) in [5, 5.41) is 8.55. The van der Waals surface area contributed by atoms with Crippen molar-refractivity contribution >= 4 is 39.8 Å². The molecule has 1 N–H and O–H groups in total. The van der Waals surface area contributed by atoms with E-state index in [0.717, 1.165) is 0 Å². The van der Waals surface area contributed by atoms with Crippen molar-refractivity contribution in [3.05, 3.63) is 11.8 Å². The van der Waals surface area contributed by atoms with Gasteiger partial charge in [0, 0.05) is 0 Å². The van der Waals surface area contributed by atoms with Crippen LogP contribution in [0.4, 0.5) is 0 Å². The number of allylic oxidation sites excluding steroid dienone is 1. The smallest absolute Gasteiger partial charge is 0.309 e. The maximum atomic E-state index is 10.2. The first-order chi connectivity index (χ1) is 5.09. The Hall–Kier alpha value is -0.740. The zero-order valence-corrected chi connectivity index (χ0v) is 6.95. The largest absolute Gasteiger partial charge is 0.481 e. The van der Waals surface area contributed by atoms with Crippen molar-refractivity contribution in [2.24, 2.45) is 4.99 Å². The zero-order valence-electron chi connectivity index (χ0n) is 5.37. The summed E-state index contributed by atoms with van der Waals surface area (Å²) in [6.07, 6.45) is 1.36. The minimum atomic E-state index is -0.936. The van der Waals surface area contributed by atoms with Gasteiger partial charge in [-0.25, -0.2) is 4.99 Å². The molecule has 0 atom stereocenters. The van der Waals surface area contributed by atoms with Crippen LogP contribution >= 0.6 is 23.8 Å². The molecule has 1 aliphatic rings. The second-order valence-corrected chi connectivity index (χ2v) is 2.77. The third kappa shape index (κ3) is 2.10. The number of nitrogens with zero attached hydrogens (tertiary/aromatic N) is 1. The molecule has 0 aromatic heterocycles. The molecular formula is C6H4ClNO2S. The van der Waals surface area contributed by atoms with E-state index in [0.29, 0.717) is 10.6 Å². The van der Waals surface area contributed by atoms with Crippen molar-refractivity contribution in [1.82, 2.24) is 0 Å². The highest BCUT2D eigenvalue weighted by atomic mass is 35.5. The van der Waals surface area contributed by atoms with Crippen molar-refractivity contribution in [1.29, 1.82) is 0 Å². The number of halogens is 1. The van der Waals surface area contributed by atoms with Crippen LogP contribution in [0.3, 0.4) is 0 Å². The molecule has 1 rings (SSSR count). The van der Waals surface area contributed by atoms with Crippen LogP contribution in [-0.4, -0.2) is 21.1 Å². The second-order valence-electron chi connectivity index (χ2n) is 1.97. The lowest BCUT2D eigenvalue weighted by molar-refractivity contribution is -0.136. The fourth-order valence-corrected chi connectivity index (χ4v) is 1.01. The first-order valence-electron chi connectivity index (χ1n) is 2.80. The molecule has 0 bridgehead atoms. The fraction of sp³-hybridized carbons (Fsp3) is 0.167. The minimum Gasteiger partial charge on any atom is -0.481 e. The van der Waals surface area contributed by atoms with Gasteiger partial charge in [0.25, 0.3) is 0 Å². The fourth-order valence-electron chi connectivity index (χ4n) is 0.670. The van der Waals surface area contributed by atoms with Gasteiger partial charge in [-0.05, 0) is 6.08 Å². The summed E-state index contributed by atoms with van der Waals surface area (Å²) >= 11 is 10.2. The predicted molar refractivity (Wildman–Crippen MR) is 46.2 cm³/mol. The molecule has 0 aliphatic carbocycles. The Bertz CT molecular complexity index is 282. The normalized spacial score (nSPS) is 16.3. The van der Waals surface area contributed by atoms with Gasteiger partial charge in [-0.15, -0.1) is 0 Å². The molecule has 58 valence electrons. The Morgan fingerprint density at radius 1 is 1.82 bits per heavy atom. The monoisotopic (exact) mass is 189 g/mol. The van der Waals surface area contributed by atoms with E-state index in [1.165, 1.54) is 6.08 Å². The maximum Gasteiger partial charge on any atom is 0.309 e. The molecule has 0 fully saturated rings. The SMILES string of the molecule is O=C(O)CC1=CC(=S)C(Cl)=N1. The van der Waals surface area contributed by atoms with Crippen LogP contribution in [-0.2, 0) is 4.79 Å². The van der Waals surface area contributed by atoms with E-state index < -0.39 is 5.97 Å². The topological polar surface area (TPSA) is 49.7 Å². The molecule has 0 saturated carbocycles. The maximum absolute atomic E-state index is 10.2. The summed E-state index contributed by atoms with van der Waals surface area (Å²) < 4.78 is 0. The van der Waals surface area contributed by atoms with Crippen LogP contribution in [0.15, 0.2) is 16.8 Å². The number of carboxylic acid groups (broad SMARTS) is 1. The molecule has 0 aromatic carbocycles. The summed E-state index contributed by atoms with van der Waals surface area (Å²) in [6, 6.07) is 0. The lowest BCUT2D eigenvalue weighted by Gasteiger charge is -1.88. The number of thiocarbonyl (C=S) groups is 1. The van der Waals surface area contributed by atoms with E-state index in [-0.39, 0.29) is 11.6 Å². The molecule has 0 unspecified atom stereocenters. The Kier molecular flexibility index (Phi) is 2.36. The summed E-state index contributed by atoms with van der Waals surface area (Å²) in [6.45, 7) is 0. The Labute approximate surface area is 73.4 Å². The number of carboxylic acids is 1. The van der Waals surface area contributed by atoms with Crippen molar-refractivity contribution in [2.45, 2.75) is 6.42 Å². The number of rotatable bonds is 2. The van der Waals surface area contributed by atoms with Gasteiger partial charge in [-0.1, -0.05) is 23.8 Å². The molecule has 1 aliphatic heterocycles. The van der Waals surface area contributed by atoms with Gasteiger partial charge in [0.1, 0.15) is 5.17 Å². The number of aliphatic imine (C=N–C) groups is 1. The first-order valence-corrected chi connectivity index (χ1v) is 3.59. The van der Waals surface area contributed by atoms with Gasteiger partial charge < -0.3 is 5.11 Å². The van der Waals surface area contributed by atoms with Crippen molar-refractivity contribution < 1.29 is 9.90 Å². The van der Waals surface area contributed by atoms with Gasteiger partial charge in [-0.3, -0.25) is 4.79 Å². The quantitative estimate of drug-likeness (QED) is 0.668. The molecule has 0 saturated heterocycles. The molecule has 0 aromatic rings. The van der Waals surface area contributed by atoms with E-state index in [9.17, 15) is 4.79 Å². The Balaban J connectivity index is 2.71. The summed E-state index contributed by atoms with van der Waals surface area (Å²) in [5.41, 5.74) is 0.410. The number of carbonyl (C=O) groups is 1. The van der Waals surface area contributed by atoms with Gasteiger partial charge in [0.15, 0.2) is 0 Å². The number of hydrogen-bond donors (Lipinski definition) is 1. The van der Waals surface area contributed by atoms with Crippen molar-refractivity contribution in [3.63, 3.8) is 0 Å². The van der Waals surface area contributed by atoms with E-state index in [2.05, 4.69) is 4.99 Å². The van der Waals surface area contributed by atoms with Gasteiger partial charge in [0.2, 0.25) is 0 Å². The first kappa shape index (κ1) is 8.36. The van der Waals surface area contributed by atoms with Crippen molar-refractivity contribution in [2.75, 3.05) is 0 Å². The highest BCUT2D eigenvalue weighted by molar-refractivity contribution is 7.83. The molecule has 3 nitrogen and oxygen atoms in total. The van der Waals surface area contributed by atoms with Crippen LogP contribution in [0.5, 0.6) is 0 Å². The molecule has 0 spiro atoms. The van der Waals surface area contributed by atoms with E-state index in [1.807, 2.05) is 0 Å². The highest BCUT2D eigenvalue weighted by Crippen LogP contribution is 2.14. The standard InChI is InChI=1S/C6H4ClNO2S/c7-6-4(11)1-3(8-6)2-5(9)10/h1H,2H2,(H,9,10). The van der Waals surface area contributed by atoms with Crippen LogP contribution in [0, 0.1) is 0 Å². The Morgan fingerprint density at radius 3 is 2.82 bits per heavy atom. The van der Waals surface area contributed by atoms with Crippen molar-refractivity contribution in [3.8, 4) is 0 Å². The summed E-state index contributed by atoms with van der Waals surface area (Å²) in [5.74, 6) is -0.936. The van der Waals surface area contributed by atoms with Gasteiger partial charge in [0.05, 0.1) is 17.0 Å². The second kappa shape index (κ2) is 3.11. The van der Waals surface area contributed by atoms with Gasteiger partial charge >= 0.3 is 5.97 Å². The molecule has 11 heavy (non-hydrogen) atoms. The van der Waals surface area contributed by atoms with Crippen LogP contribution in [0.1, 0.15) is 6.42 Å². The lowest BCUT2D eigenvalue weighted by atomic mass is 10.3. The van der Waals surface area contributed by atoms with E-state index in [1.54, 1.807) is 0 Å².